The Kier molecular flexibility index (Phi) is 6.57. The maximum absolute atomic E-state index is 2.54. The third-order valence-electron chi connectivity index (χ3n) is 12.6. The third kappa shape index (κ3) is 4.24. The fraction of sp³-hybridized carbons (Fsp3) is 0.0357. The van der Waals surface area contributed by atoms with Crippen molar-refractivity contribution in [2.75, 3.05) is 0 Å². The van der Waals surface area contributed by atoms with Crippen LogP contribution in [0.4, 0.5) is 0 Å². The zero-order valence-electron chi connectivity index (χ0n) is 31.3. The van der Waals surface area contributed by atoms with Crippen molar-refractivity contribution in [2.24, 2.45) is 0 Å². The van der Waals surface area contributed by atoms with Gasteiger partial charge in [0.2, 0.25) is 0 Å². The molecule has 0 spiro atoms. The van der Waals surface area contributed by atoms with Gasteiger partial charge in [0, 0.05) is 0 Å². The van der Waals surface area contributed by atoms with Crippen LogP contribution in [0, 0.1) is 13.8 Å². The van der Waals surface area contributed by atoms with Gasteiger partial charge in [-0.15, -0.1) is 0 Å². The number of aryl methyl sites for hydroxylation is 2. The molecule has 0 heteroatoms. The minimum atomic E-state index is 1.24. The van der Waals surface area contributed by atoms with E-state index in [-0.39, 0.29) is 0 Å². The van der Waals surface area contributed by atoms with Gasteiger partial charge in [-0.1, -0.05) is 170 Å². The molecule has 0 saturated heterocycles. The van der Waals surface area contributed by atoms with Gasteiger partial charge in [-0.25, -0.2) is 0 Å². The largest absolute Gasteiger partial charge is 0.0622 e. The molecule has 0 N–H and O–H groups in total. The number of hydrogen-bond acceptors (Lipinski definition) is 0. The summed E-state index contributed by atoms with van der Waals surface area (Å²) < 4.78 is 0. The Balaban J connectivity index is 1.30. The lowest BCUT2D eigenvalue weighted by molar-refractivity contribution is 1.46. The summed E-state index contributed by atoms with van der Waals surface area (Å²) in [6, 6.07) is 68.1. The molecule has 260 valence electrons. The van der Waals surface area contributed by atoms with Gasteiger partial charge < -0.3 is 0 Å². The molecule has 0 fully saturated rings. The first kappa shape index (κ1) is 31.3. The van der Waals surface area contributed by atoms with Crippen LogP contribution >= 0.6 is 0 Å². The fourth-order valence-electron chi connectivity index (χ4n) is 10.2. The molecule has 0 nitrogen and oxygen atoms in total. The average Bonchev–Trinajstić information content (AvgIpc) is 3.77. The summed E-state index contributed by atoms with van der Waals surface area (Å²) in [4.78, 5) is 0. The Morgan fingerprint density at radius 3 is 1.04 bits per heavy atom. The smallest absolute Gasteiger partial charge is 0.00136 e. The van der Waals surface area contributed by atoms with E-state index in [1.54, 1.807) is 0 Å². The van der Waals surface area contributed by atoms with Crippen molar-refractivity contribution < 1.29 is 0 Å². The number of rotatable bonds is 4. The van der Waals surface area contributed by atoms with Crippen molar-refractivity contribution in [3.05, 3.63) is 193 Å². The van der Waals surface area contributed by atoms with Crippen LogP contribution in [0.3, 0.4) is 0 Å². The molecule has 0 heterocycles. The quantitative estimate of drug-likeness (QED) is 0.160. The van der Waals surface area contributed by atoms with E-state index in [9.17, 15) is 0 Å². The van der Waals surface area contributed by atoms with Gasteiger partial charge in [-0.2, -0.15) is 0 Å². The summed E-state index contributed by atoms with van der Waals surface area (Å²) in [5.74, 6) is 0. The summed E-state index contributed by atoms with van der Waals surface area (Å²) in [6.07, 6.45) is 0. The summed E-state index contributed by atoms with van der Waals surface area (Å²) in [5.41, 5.74) is 12.8. The van der Waals surface area contributed by atoms with Crippen molar-refractivity contribution in [1.82, 2.24) is 0 Å². The second-order valence-corrected chi connectivity index (χ2v) is 15.6. The van der Waals surface area contributed by atoms with Crippen molar-refractivity contribution >= 4 is 75.4 Å². The highest BCUT2D eigenvalue weighted by Crippen LogP contribution is 2.53. The van der Waals surface area contributed by atoms with E-state index in [2.05, 4.69) is 196 Å². The Morgan fingerprint density at radius 2 is 0.571 bits per heavy atom. The fourth-order valence-corrected chi connectivity index (χ4v) is 10.2. The van der Waals surface area contributed by atoms with Crippen LogP contribution in [0.5, 0.6) is 0 Å². The molecule has 0 aliphatic carbocycles. The van der Waals surface area contributed by atoms with Crippen LogP contribution in [-0.2, 0) is 0 Å². The molecule has 56 heavy (non-hydrogen) atoms. The van der Waals surface area contributed by atoms with Crippen LogP contribution in [-0.4, -0.2) is 0 Å². The highest BCUT2D eigenvalue weighted by atomic mass is 14.3. The molecule has 0 saturated carbocycles. The predicted molar refractivity (Wildman–Crippen MR) is 243 cm³/mol. The molecule has 0 bridgehead atoms. The average molecular weight is 709 g/mol. The normalized spacial score (nSPS) is 12.1. The number of benzene rings is 10. The number of hydrogen-bond donors (Lipinski definition) is 0. The molecule has 0 unspecified atom stereocenters. The summed E-state index contributed by atoms with van der Waals surface area (Å²) in [6.45, 7) is 4.48. The first-order valence-corrected chi connectivity index (χ1v) is 19.7. The lowest BCUT2D eigenvalue weighted by Crippen LogP contribution is -1.88. The summed E-state index contributed by atoms with van der Waals surface area (Å²) in [5, 5.41) is 18.6. The zero-order chi connectivity index (χ0) is 37.1. The molecule has 0 atom stereocenters. The maximum Gasteiger partial charge on any atom is -0.00136 e. The van der Waals surface area contributed by atoms with Gasteiger partial charge in [-0.05, 0) is 157 Å². The summed E-state index contributed by atoms with van der Waals surface area (Å²) in [7, 11) is 0. The molecule has 12 rings (SSSR count). The van der Waals surface area contributed by atoms with E-state index < -0.39 is 0 Å². The van der Waals surface area contributed by atoms with Gasteiger partial charge in [0.05, 0.1) is 0 Å². The Labute approximate surface area is 325 Å². The standard InChI is InChI=1S/C56H36/c1-33-15-9-11-21-37(33)43-29-30-44(38-22-12-10-16-34(38)2)56-50-32-48-41-23-13-25-45-51(41)49(31-47(48)42-24-14-26-46(52(42)50)55(43)56)54-40(36-19-7-4-8-20-36)28-27-39(53(45)54)35-17-5-3-6-18-35/h3-32H,1-2H3. The molecular weight excluding hydrogens is 673 g/mol. The molecule has 12 aromatic rings. The molecule has 0 amide bonds. The van der Waals surface area contributed by atoms with Crippen LogP contribution in [0.25, 0.3) is 120 Å². The first-order valence-electron chi connectivity index (χ1n) is 19.7. The molecular formula is C56H36. The van der Waals surface area contributed by atoms with Crippen molar-refractivity contribution in [2.45, 2.75) is 13.8 Å². The lowest BCUT2D eigenvalue weighted by Gasteiger charge is -2.14. The van der Waals surface area contributed by atoms with Crippen LogP contribution in [0.2, 0.25) is 0 Å². The maximum atomic E-state index is 2.54. The highest BCUT2D eigenvalue weighted by molar-refractivity contribution is 6.44. The summed E-state index contributed by atoms with van der Waals surface area (Å²) >= 11 is 0. The van der Waals surface area contributed by atoms with Gasteiger partial charge >= 0.3 is 0 Å². The van der Waals surface area contributed by atoms with Crippen molar-refractivity contribution in [1.29, 1.82) is 0 Å². The van der Waals surface area contributed by atoms with E-state index in [0.717, 1.165) is 0 Å². The van der Waals surface area contributed by atoms with E-state index in [4.69, 9.17) is 0 Å². The number of fused-ring (bicyclic) bond motifs is 9. The minimum absolute atomic E-state index is 1.24. The second kappa shape index (κ2) is 11.7. The first-order chi connectivity index (χ1) is 27.7. The van der Waals surface area contributed by atoms with Crippen LogP contribution in [0.15, 0.2) is 182 Å². The molecule has 0 aromatic heterocycles. The highest BCUT2D eigenvalue weighted by Gasteiger charge is 2.25. The van der Waals surface area contributed by atoms with Gasteiger partial charge in [-0.3, -0.25) is 0 Å². The van der Waals surface area contributed by atoms with E-state index in [0.29, 0.717) is 0 Å². The zero-order valence-corrected chi connectivity index (χ0v) is 31.3. The van der Waals surface area contributed by atoms with E-state index >= 15 is 0 Å². The molecule has 12 aromatic carbocycles. The van der Waals surface area contributed by atoms with Crippen LogP contribution in [0.1, 0.15) is 11.1 Å². The molecule has 0 aliphatic rings. The van der Waals surface area contributed by atoms with Gasteiger partial charge in [0.15, 0.2) is 0 Å². The van der Waals surface area contributed by atoms with Gasteiger partial charge in [0.1, 0.15) is 0 Å². The van der Waals surface area contributed by atoms with Crippen molar-refractivity contribution in [3.8, 4) is 44.5 Å². The Hall–Kier alpha value is -7.02. The second-order valence-electron chi connectivity index (χ2n) is 15.6. The van der Waals surface area contributed by atoms with Crippen LogP contribution < -0.4 is 0 Å². The third-order valence-corrected chi connectivity index (χ3v) is 12.6. The minimum Gasteiger partial charge on any atom is -0.0622 e. The molecule has 0 aliphatic heterocycles. The Morgan fingerprint density at radius 1 is 0.214 bits per heavy atom. The lowest BCUT2D eigenvalue weighted by atomic mass is 9.90. The predicted octanol–water partition coefficient (Wildman–Crippen LogP) is 15.9. The van der Waals surface area contributed by atoms with E-state index in [1.807, 2.05) is 0 Å². The SMILES string of the molecule is Cc1ccccc1-c1ccc(-c2ccccc2C)c2c3cc4c(cc5c6c(-c7ccccc7)ccc(-c7ccccc7)c6c6cccc4c65)c4cccc(c12)c43. The molecule has 0 radical (unpaired) electrons. The van der Waals surface area contributed by atoms with Gasteiger partial charge in [0.25, 0.3) is 0 Å². The van der Waals surface area contributed by atoms with E-state index in [1.165, 1.54) is 131 Å². The Bertz CT molecular complexity index is 3520. The van der Waals surface area contributed by atoms with Crippen molar-refractivity contribution in [3.63, 3.8) is 0 Å². The topological polar surface area (TPSA) is 0 Å². The monoisotopic (exact) mass is 708 g/mol.